The molecule has 0 saturated heterocycles. The number of hydrogen-bond donors (Lipinski definition) is 2. The van der Waals surface area contributed by atoms with Gasteiger partial charge in [0.25, 0.3) is 5.69 Å². The van der Waals surface area contributed by atoms with E-state index in [-0.39, 0.29) is 30.2 Å². The summed E-state index contributed by atoms with van der Waals surface area (Å²) in [5.74, 6) is -0.188. The van der Waals surface area contributed by atoms with Crippen LogP contribution in [0.4, 0.5) is 5.69 Å². The Hall–Kier alpha value is -2.21. The third-order valence-electron chi connectivity index (χ3n) is 3.77. The van der Waals surface area contributed by atoms with E-state index < -0.39 is 4.92 Å². The second-order valence-corrected chi connectivity index (χ2v) is 5.14. The molecule has 6 nitrogen and oxygen atoms in total. The van der Waals surface area contributed by atoms with Crippen LogP contribution in [0.3, 0.4) is 0 Å². The van der Waals surface area contributed by atoms with Gasteiger partial charge in [0.15, 0.2) is 0 Å². The van der Waals surface area contributed by atoms with Crippen LogP contribution in [-0.2, 0) is 4.79 Å². The van der Waals surface area contributed by atoms with E-state index in [1.165, 1.54) is 18.2 Å². The average Bonchev–Trinajstić information content (AvgIpc) is 2.92. The number of nitro groups is 1. The van der Waals surface area contributed by atoms with Crippen molar-refractivity contribution in [3.8, 4) is 0 Å². The topological polar surface area (TPSA) is 92.5 Å². The molecule has 1 aromatic carbocycles. The molecule has 0 bridgehead atoms. The van der Waals surface area contributed by atoms with E-state index >= 15 is 0 Å². The SMILES string of the molecule is O=C(/C=C/c1ccccc1[N+](=O)[O-])NC1CCCC1CO. The van der Waals surface area contributed by atoms with Crippen molar-refractivity contribution in [2.75, 3.05) is 6.61 Å². The number of amides is 1. The molecule has 112 valence electrons. The molecule has 0 aromatic heterocycles. The molecule has 0 spiro atoms. The minimum atomic E-state index is -0.476. The predicted octanol–water partition coefficient (Wildman–Crippen LogP) is 1.89. The lowest BCUT2D eigenvalue weighted by molar-refractivity contribution is -0.385. The summed E-state index contributed by atoms with van der Waals surface area (Å²) in [6.45, 7) is 0.0683. The Labute approximate surface area is 122 Å². The van der Waals surface area contributed by atoms with Gasteiger partial charge in [0.05, 0.1) is 10.5 Å². The van der Waals surface area contributed by atoms with Crippen molar-refractivity contribution in [2.45, 2.75) is 25.3 Å². The Morgan fingerprint density at radius 1 is 1.43 bits per heavy atom. The van der Waals surface area contributed by atoms with Crippen molar-refractivity contribution in [2.24, 2.45) is 5.92 Å². The molecular weight excluding hydrogens is 272 g/mol. The largest absolute Gasteiger partial charge is 0.396 e. The number of nitrogens with one attached hydrogen (secondary N) is 1. The van der Waals surface area contributed by atoms with Crippen LogP contribution in [0.2, 0.25) is 0 Å². The molecule has 2 unspecified atom stereocenters. The summed E-state index contributed by atoms with van der Waals surface area (Å²) in [6, 6.07) is 6.24. The second-order valence-electron chi connectivity index (χ2n) is 5.14. The van der Waals surface area contributed by atoms with Gasteiger partial charge in [-0.2, -0.15) is 0 Å². The molecule has 0 aliphatic heterocycles. The first-order valence-electron chi connectivity index (χ1n) is 6.94. The van der Waals surface area contributed by atoms with Crippen LogP contribution < -0.4 is 5.32 Å². The number of carbonyl (C=O) groups is 1. The smallest absolute Gasteiger partial charge is 0.276 e. The van der Waals surface area contributed by atoms with Crippen LogP contribution in [0.15, 0.2) is 30.3 Å². The molecule has 6 heteroatoms. The summed E-state index contributed by atoms with van der Waals surface area (Å²) >= 11 is 0. The fourth-order valence-electron chi connectivity index (χ4n) is 2.64. The molecule has 0 radical (unpaired) electrons. The molecule has 1 saturated carbocycles. The monoisotopic (exact) mass is 290 g/mol. The van der Waals surface area contributed by atoms with Crippen molar-refractivity contribution in [1.82, 2.24) is 5.32 Å². The average molecular weight is 290 g/mol. The lowest BCUT2D eigenvalue weighted by Gasteiger charge is -2.17. The lowest BCUT2D eigenvalue weighted by atomic mass is 10.1. The van der Waals surface area contributed by atoms with Crippen LogP contribution in [0.25, 0.3) is 6.08 Å². The van der Waals surface area contributed by atoms with E-state index in [9.17, 15) is 20.0 Å². The summed E-state index contributed by atoms with van der Waals surface area (Å²) in [5.41, 5.74) is 0.360. The van der Waals surface area contributed by atoms with Crippen molar-refractivity contribution in [3.63, 3.8) is 0 Å². The Balaban J connectivity index is 2.01. The summed E-state index contributed by atoms with van der Waals surface area (Å²) in [7, 11) is 0. The van der Waals surface area contributed by atoms with E-state index in [1.807, 2.05) is 0 Å². The highest BCUT2D eigenvalue weighted by Crippen LogP contribution is 2.25. The van der Waals surface area contributed by atoms with Gasteiger partial charge >= 0.3 is 0 Å². The van der Waals surface area contributed by atoms with Gasteiger partial charge in [-0.15, -0.1) is 0 Å². The minimum Gasteiger partial charge on any atom is -0.396 e. The molecule has 1 aliphatic carbocycles. The number of carbonyl (C=O) groups excluding carboxylic acids is 1. The quantitative estimate of drug-likeness (QED) is 0.492. The Kier molecular flexibility index (Phi) is 5.05. The van der Waals surface area contributed by atoms with Gasteiger partial charge in [0.2, 0.25) is 5.91 Å². The summed E-state index contributed by atoms with van der Waals surface area (Å²) < 4.78 is 0. The van der Waals surface area contributed by atoms with E-state index in [0.717, 1.165) is 19.3 Å². The highest BCUT2D eigenvalue weighted by Gasteiger charge is 2.27. The first kappa shape index (κ1) is 15.2. The standard InChI is InChI=1S/C15H18N2O4/c18-10-12-5-3-6-13(12)16-15(19)9-8-11-4-1-2-7-14(11)17(20)21/h1-2,4,7-9,12-13,18H,3,5-6,10H2,(H,16,19)/b9-8+. The van der Waals surface area contributed by atoms with E-state index in [2.05, 4.69) is 5.32 Å². The number of nitro benzene ring substituents is 1. The van der Waals surface area contributed by atoms with Crippen LogP contribution in [0.5, 0.6) is 0 Å². The molecule has 1 fully saturated rings. The number of hydrogen-bond acceptors (Lipinski definition) is 4. The van der Waals surface area contributed by atoms with Gasteiger partial charge in [0.1, 0.15) is 0 Å². The highest BCUT2D eigenvalue weighted by atomic mass is 16.6. The van der Waals surface area contributed by atoms with Crippen molar-refractivity contribution >= 4 is 17.7 Å². The minimum absolute atomic E-state index is 0.0158. The van der Waals surface area contributed by atoms with Crippen molar-refractivity contribution < 1.29 is 14.8 Å². The van der Waals surface area contributed by atoms with Crippen molar-refractivity contribution in [1.29, 1.82) is 0 Å². The van der Waals surface area contributed by atoms with E-state index in [0.29, 0.717) is 5.56 Å². The number of aliphatic hydroxyl groups is 1. The second kappa shape index (κ2) is 6.99. The molecule has 21 heavy (non-hydrogen) atoms. The molecule has 0 heterocycles. The summed E-state index contributed by atoms with van der Waals surface area (Å²) in [5, 5.41) is 22.9. The summed E-state index contributed by atoms with van der Waals surface area (Å²) in [4.78, 5) is 22.3. The van der Waals surface area contributed by atoms with Crippen LogP contribution in [0, 0.1) is 16.0 Å². The van der Waals surface area contributed by atoms with Gasteiger partial charge in [-0.1, -0.05) is 18.6 Å². The zero-order valence-electron chi connectivity index (χ0n) is 11.6. The number of rotatable bonds is 5. The number of benzene rings is 1. The predicted molar refractivity (Wildman–Crippen MR) is 78.5 cm³/mol. The van der Waals surface area contributed by atoms with Crippen LogP contribution >= 0.6 is 0 Å². The van der Waals surface area contributed by atoms with Crippen LogP contribution in [-0.4, -0.2) is 28.6 Å². The van der Waals surface area contributed by atoms with Gasteiger partial charge in [-0.05, 0) is 25.0 Å². The highest BCUT2D eigenvalue weighted by molar-refractivity contribution is 5.92. The van der Waals surface area contributed by atoms with Gasteiger partial charge in [-0.25, -0.2) is 0 Å². The molecule has 2 N–H and O–H groups in total. The maximum atomic E-state index is 11.9. The Morgan fingerprint density at radius 3 is 2.90 bits per heavy atom. The number of para-hydroxylation sites is 1. The fraction of sp³-hybridized carbons (Fsp3) is 0.400. The lowest BCUT2D eigenvalue weighted by Crippen LogP contribution is -2.37. The molecule has 1 amide bonds. The van der Waals surface area contributed by atoms with Gasteiger partial charge in [0, 0.05) is 30.7 Å². The van der Waals surface area contributed by atoms with Crippen molar-refractivity contribution in [3.05, 3.63) is 46.0 Å². The maximum absolute atomic E-state index is 11.9. The summed E-state index contributed by atoms with van der Waals surface area (Å²) in [6.07, 6.45) is 5.50. The third-order valence-corrected chi connectivity index (χ3v) is 3.77. The van der Waals surface area contributed by atoms with Gasteiger partial charge < -0.3 is 10.4 Å². The molecule has 1 aliphatic rings. The Bertz CT molecular complexity index is 556. The molecule has 1 aromatic rings. The first-order valence-corrected chi connectivity index (χ1v) is 6.94. The molecular formula is C15H18N2O4. The van der Waals surface area contributed by atoms with Crippen LogP contribution in [0.1, 0.15) is 24.8 Å². The zero-order valence-corrected chi connectivity index (χ0v) is 11.6. The maximum Gasteiger partial charge on any atom is 0.276 e. The third kappa shape index (κ3) is 3.88. The number of nitrogens with zero attached hydrogens (tertiary/aromatic N) is 1. The Morgan fingerprint density at radius 2 is 2.19 bits per heavy atom. The normalized spacial score (nSPS) is 21.6. The van der Waals surface area contributed by atoms with E-state index in [4.69, 9.17) is 0 Å². The zero-order chi connectivity index (χ0) is 15.2. The van der Waals surface area contributed by atoms with E-state index in [1.54, 1.807) is 18.2 Å². The molecule has 2 atom stereocenters. The van der Waals surface area contributed by atoms with Gasteiger partial charge in [-0.3, -0.25) is 14.9 Å². The fourth-order valence-corrected chi connectivity index (χ4v) is 2.64. The molecule has 2 rings (SSSR count). The number of aliphatic hydroxyl groups excluding tert-OH is 1. The first-order chi connectivity index (χ1) is 10.1.